The average molecular weight is 478 g/mol. The number of hydrogen-bond donors (Lipinski definition) is 1. The first-order valence-electron chi connectivity index (χ1n) is 10.6. The molecule has 2 amide bonds. The Morgan fingerprint density at radius 3 is 2.76 bits per heavy atom. The number of carbonyl (C=O) groups excluding carboxylic acids is 2. The fourth-order valence-corrected chi connectivity index (χ4v) is 3.78. The molecule has 0 saturated carbocycles. The number of rotatable bonds is 8. The van der Waals surface area contributed by atoms with Gasteiger partial charge in [-0.15, -0.1) is 0 Å². The highest BCUT2D eigenvalue weighted by Crippen LogP contribution is 2.35. The first-order chi connectivity index (χ1) is 16.2. The summed E-state index contributed by atoms with van der Waals surface area (Å²) in [5.41, 5.74) is -1.28. The first kappa shape index (κ1) is 25.0. The number of ether oxygens (including phenoxy) is 1. The second-order valence-electron chi connectivity index (χ2n) is 7.69. The summed E-state index contributed by atoms with van der Waals surface area (Å²) in [6, 6.07) is 5.85. The van der Waals surface area contributed by atoms with E-state index in [2.05, 4.69) is 10.4 Å². The number of alkyl halides is 3. The second-order valence-corrected chi connectivity index (χ2v) is 7.69. The van der Waals surface area contributed by atoms with Gasteiger partial charge in [-0.25, -0.2) is 0 Å². The number of nitriles is 1. The summed E-state index contributed by atoms with van der Waals surface area (Å²) >= 11 is 0. The van der Waals surface area contributed by atoms with Gasteiger partial charge in [0.05, 0.1) is 23.8 Å². The lowest BCUT2D eigenvalue weighted by Crippen LogP contribution is -2.61. The molecule has 34 heavy (non-hydrogen) atoms. The molecule has 0 radical (unpaired) electrons. The van der Waals surface area contributed by atoms with Gasteiger partial charge in [0.2, 0.25) is 11.8 Å². The highest BCUT2D eigenvalue weighted by Gasteiger charge is 2.37. The van der Waals surface area contributed by atoms with Gasteiger partial charge in [-0.3, -0.25) is 14.3 Å². The van der Waals surface area contributed by atoms with Crippen LogP contribution in [0.15, 0.2) is 36.7 Å². The van der Waals surface area contributed by atoms with Crippen molar-refractivity contribution in [3.63, 3.8) is 0 Å². The minimum Gasteiger partial charge on any atom is -0.383 e. The molecule has 1 N–H and O–H groups in total. The number of nitrogens with zero attached hydrogens (tertiary/aromatic N) is 5. The van der Waals surface area contributed by atoms with Crippen LogP contribution >= 0.6 is 0 Å². The standard InChI is InChI=1S/C22H25F3N6O3/c1-34-12-7-27-21(33)19-15-29(17-4-3-16(14-26)18(13-17)22(23,24)25)10-11-31(19)20(32)5-9-30-8-2-6-28-30/h2-4,6,8,13,19H,5,7,9-12,15H2,1H3,(H,27,33). The number of nitrogens with one attached hydrogen (secondary N) is 1. The predicted octanol–water partition coefficient (Wildman–Crippen LogP) is 1.64. The largest absolute Gasteiger partial charge is 0.417 e. The van der Waals surface area contributed by atoms with Crippen molar-refractivity contribution in [2.45, 2.75) is 25.2 Å². The zero-order valence-corrected chi connectivity index (χ0v) is 18.6. The molecular formula is C22H25F3N6O3. The molecule has 1 unspecified atom stereocenters. The van der Waals surface area contributed by atoms with Crippen LogP contribution in [0.2, 0.25) is 0 Å². The number of carbonyl (C=O) groups is 2. The number of piperazine rings is 1. The molecule has 1 aromatic carbocycles. The Bertz CT molecular complexity index is 1040. The molecule has 1 aromatic heterocycles. The van der Waals surface area contributed by atoms with E-state index in [1.165, 1.54) is 18.1 Å². The lowest BCUT2D eigenvalue weighted by atomic mass is 10.0. The van der Waals surface area contributed by atoms with Crippen molar-refractivity contribution in [1.82, 2.24) is 20.0 Å². The summed E-state index contributed by atoms with van der Waals surface area (Å²) in [6.07, 6.45) is -1.24. The van der Waals surface area contributed by atoms with Gasteiger partial charge >= 0.3 is 6.18 Å². The van der Waals surface area contributed by atoms with E-state index in [1.54, 1.807) is 34.1 Å². The Labute approximate surface area is 194 Å². The topological polar surface area (TPSA) is 103 Å². The maximum Gasteiger partial charge on any atom is 0.417 e. The van der Waals surface area contributed by atoms with Crippen LogP contribution in [0.5, 0.6) is 0 Å². The monoisotopic (exact) mass is 478 g/mol. The van der Waals surface area contributed by atoms with E-state index in [9.17, 15) is 22.8 Å². The maximum atomic E-state index is 13.4. The number of amides is 2. The maximum absolute atomic E-state index is 13.4. The van der Waals surface area contributed by atoms with Gasteiger partial charge in [0.25, 0.3) is 0 Å². The molecule has 12 heteroatoms. The molecule has 0 aliphatic carbocycles. The van der Waals surface area contributed by atoms with Gasteiger partial charge in [-0.05, 0) is 24.3 Å². The molecule has 3 rings (SSSR count). The summed E-state index contributed by atoms with van der Waals surface area (Å²) in [5, 5.41) is 15.8. The van der Waals surface area contributed by atoms with Crippen molar-refractivity contribution in [1.29, 1.82) is 5.26 Å². The van der Waals surface area contributed by atoms with Crippen LogP contribution < -0.4 is 10.2 Å². The van der Waals surface area contributed by atoms with Crippen LogP contribution in [-0.4, -0.2) is 72.4 Å². The molecule has 182 valence electrons. The SMILES string of the molecule is COCCNC(=O)C1CN(c2ccc(C#N)c(C(F)(F)F)c2)CCN1C(=O)CCn1cccn1. The summed E-state index contributed by atoms with van der Waals surface area (Å²) in [7, 11) is 1.49. The van der Waals surface area contributed by atoms with Crippen molar-refractivity contribution in [2.24, 2.45) is 0 Å². The van der Waals surface area contributed by atoms with E-state index in [4.69, 9.17) is 10.00 Å². The number of halogens is 3. The van der Waals surface area contributed by atoms with Crippen molar-refractivity contribution in [3.8, 4) is 6.07 Å². The van der Waals surface area contributed by atoms with E-state index in [1.807, 2.05) is 0 Å². The third-order valence-corrected chi connectivity index (χ3v) is 5.52. The van der Waals surface area contributed by atoms with Crippen LogP contribution in [0, 0.1) is 11.3 Å². The van der Waals surface area contributed by atoms with Gasteiger partial charge in [0.15, 0.2) is 0 Å². The van der Waals surface area contributed by atoms with Crippen molar-refractivity contribution in [3.05, 3.63) is 47.8 Å². The molecular weight excluding hydrogens is 453 g/mol. The number of aromatic nitrogens is 2. The predicted molar refractivity (Wildman–Crippen MR) is 116 cm³/mol. The highest BCUT2D eigenvalue weighted by atomic mass is 19.4. The third kappa shape index (κ3) is 6.05. The zero-order valence-electron chi connectivity index (χ0n) is 18.6. The second kappa shape index (κ2) is 11.0. The minimum atomic E-state index is -4.69. The van der Waals surface area contributed by atoms with Crippen molar-refractivity contribution in [2.75, 3.05) is 44.8 Å². The molecule has 1 aliphatic rings. The lowest BCUT2D eigenvalue weighted by Gasteiger charge is -2.41. The summed E-state index contributed by atoms with van der Waals surface area (Å²) in [5.74, 6) is -0.670. The molecule has 1 fully saturated rings. The lowest BCUT2D eigenvalue weighted by molar-refractivity contribution is -0.141. The van der Waals surface area contributed by atoms with Crippen LogP contribution in [0.25, 0.3) is 0 Å². The Balaban J connectivity index is 1.80. The Morgan fingerprint density at radius 1 is 1.32 bits per heavy atom. The molecule has 0 bridgehead atoms. The van der Waals surface area contributed by atoms with E-state index >= 15 is 0 Å². The van der Waals surface area contributed by atoms with E-state index in [0.29, 0.717) is 6.54 Å². The number of methoxy groups -OCH3 is 1. The third-order valence-electron chi connectivity index (χ3n) is 5.52. The highest BCUT2D eigenvalue weighted by molar-refractivity contribution is 5.88. The van der Waals surface area contributed by atoms with Crippen LogP contribution in [0.3, 0.4) is 0 Å². The fraction of sp³-hybridized carbons (Fsp3) is 0.455. The van der Waals surface area contributed by atoms with E-state index in [0.717, 1.165) is 12.1 Å². The number of aryl methyl sites for hydroxylation is 1. The average Bonchev–Trinajstić information content (AvgIpc) is 3.35. The normalized spacial score (nSPS) is 16.3. The quantitative estimate of drug-likeness (QED) is 0.579. The number of hydrogen-bond acceptors (Lipinski definition) is 6. The van der Waals surface area contributed by atoms with Gasteiger partial charge in [-0.2, -0.15) is 23.5 Å². The smallest absolute Gasteiger partial charge is 0.383 e. The molecule has 0 spiro atoms. The molecule has 2 aromatic rings. The van der Waals surface area contributed by atoms with E-state index in [-0.39, 0.29) is 50.8 Å². The minimum absolute atomic E-state index is 0.00945. The summed E-state index contributed by atoms with van der Waals surface area (Å²) in [6.45, 7) is 1.25. The van der Waals surface area contributed by atoms with Gasteiger partial charge in [0.1, 0.15) is 6.04 Å². The van der Waals surface area contributed by atoms with Gasteiger partial charge in [0, 0.05) is 64.3 Å². The van der Waals surface area contributed by atoms with Crippen LogP contribution in [-0.2, 0) is 27.0 Å². The Morgan fingerprint density at radius 2 is 2.12 bits per heavy atom. The first-order valence-corrected chi connectivity index (χ1v) is 10.6. The Hall–Kier alpha value is -3.59. The van der Waals surface area contributed by atoms with E-state index < -0.39 is 29.3 Å². The van der Waals surface area contributed by atoms with Crippen LogP contribution in [0.4, 0.5) is 18.9 Å². The van der Waals surface area contributed by atoms with Crippen molar-refractivity contribution >= 4 is 17.5 Å². The molecule has 2 heterocycles. The summed E-state index contributed by atoms with van der Waals surface area (Å²) < 4.78 is 46.8. The van der Waals surface area contributed by atoms with Gasteiger partial charge < -0.3 is 19.9 Å². The summed E-state index contributed by atoms with van der Waals surface area (Å²) in [4.78, 5) is 28.9. The van der Waals surface area contributed by atoms with Crippen LogP contribution in [0.1, 0.15) is 17.5 Å². The number of anilines is 1. The van der Waals surface area contributed by atoms with Crippen molar-refractivity contribution < 1.29 is 27.5 Å². The number of benzene rings is 1. The molecule has 1 saturated heterocycles. The zero-order chi connectivity index (χ0) is 24.7. The Kier molecular flexibility index (Phi) is 8.12. The van der Waals surface area contributed by atoms with Gasteiger partial charge in [-0.1, -0.05) is 0 Å². The fourth-order valence-electron chi connectivity index (χ4n) is 3.78. The molecule has 1 aliphatic heterocycles. The molecule has 1 atom stereocenters. The molecule has 9 nitrogen and oxygen atoms in total.